The predicted octanol–water partition coefficient (Wildman–Crippen LogP) is 3.86. The standard InChI is InChI=1S/2C14H12BrNO2S.Na/c2*15-9-2-3-11-10(8-9)12(4-7-16-11)19-14(13(17)18)5-1-6-14;/h2*2-4,7-8H,1,5-6H2,(H,17,18);/q;;+1/p-1. The van der Waals surface area contributed by atoms with E-state index in [0.29, 0.717) is 12.8 Å². The zero-order chi connectivity index (χ0) is 26.9. The molecule has 0 radical (unpaired) electrons. The summed E-state index contributed by atoms with van der Waals surface area (Å²) in [7, 11) is 0. The number of pyridine rings is 2. The number of fused-ring (bicyclic) bond motifs is 2. The number of carboxylic acid groups (broad SMARTS) is 2. The Labute approximate surface area is 273 Å². The maximum absolute atomic E-state index is 11.5. The van der Waals surface area contributed by atoms with Gasteiger partial charge in [0.1, 0.15) is 4.75 Å². The fourth-order valence-electron chi connectivity index (χ4n) is 4.49. The molecule has 2 saturated carbocycles. The van der Waals surface area contributed by atoms with Gasteiger partial charge in [0.25, 0.3) is 0 Å². The van der Waals surface area contributed by atoms with Crippen LogP contribution in [0.4, 0.5) is 0 Å². The third kappa shape index (κ3) is 6.52. The van der Waals surface area contributed by atoms with Gasteiger partial charge in [-0.25, -0.2) is 0 Å². The second kappa shape index (κ2) is 12.8. The number of rotatable bonds is 6. The maximum Gasteiger partial charge on any atom is 1.00 e. The van der Waals surface area contributed by atoms with Gasteiger partial charge >= 0.3 is 35.5 Å². The van der Waals surface area contributed by atoms with Crippen LogP contribution in [0, 0.1) is 0 Å². The van der Waals surface area contributed by atoms with E-state index in [4.69, 9.17) is 0 Å². The number of carbonyl (C=O) groups is 2. The van der Waals surface area contributed by atoms with Gasteiger partial charge in [0, 0.05) is 41.9 Å². The smallest absolute Gasteiger partial charge is 0.549 e. The summed E-state index contributed by atoms with van der Waals surface area (Å²) in [6, 6.07) is 15.5. The van der Waals surface area contributed by atoms with Crippen LogP contribution < -0.4 is 34.7 Å². The molecule has 39 heavy (non-hydrogen) atoms. The van der Waals surface area contributed by atoms with Crippen LogP contribution in [0.15, 0.2) is 79.7 Å². The predicted molar refractivity (Wildman–Crippen MR) is 156 cm³/mol. The first-order chi connectivity index (χ1) is 18.2. The van der Waals surface area contributed by atoms with Crippen LogP contribution in [0.5, 0.6) is 0 Å². The topological polar surface area (TPSA) is 103 Å². The van der Waals surface area contributed by atoms with Crippen molar-refractivity contribution in [2.75, 3.05) is 0 Å². The van der Waals surface area contributed by atoms with Gasteiger partial charge in [-0.05, 0) is 87.1 Å². The van der Waals surface area contributed by atoms with E-state index in [1.807, 2.05) is 48.5 Å². The normalized spacial score (nSPS) is 16.7. The molecule has 2 aliphatic rings. The monoisotopic (exact) mass is 696 g/mol. The van der Waals surface area contributed by atoms with Crippen molar-refractivity contribution in [1.82, 2.24) is 9.97 Å². The van der Waals surface area contributed by atoms with Crippen molar-refractivity contribution in [3.8, 4) is 0 Å². The van der Waals surface area contributed by atoms with Crippen molar-refractivity contribution >= 4 is 89.1 Å². The summed E-state index contributed by atoms with van der Waals surface area (Å²) in [5.74, 6) is -1.66. The Balaban J connectivity index is 0.000000176. The summed E-state index contributed by atoms with van der Waals surface area (Å²) in [4.78, 5) is 33.4. The molecule has 2 fully saturated rings. The van der Waals surface area contributed by atoms with E-state index in [1.54, 1.807) is 12.4 Å². The molecule has 2 aromatic carbocycles. The summed E-state index contributed by atoms with van der Waals surface area (Å²) in [5.41, 5.74) is 1.77. The van der Waals surface area contributed by atoms with Crippen LogP contribution in [-0.4, -0.2) is 36.5 Å². The van der Waals surface area contributed by atoms with Crippen molar-refractivity contribution in [3.63, 3.8) is 0 Å². The minimum atomic E-state index is -0.955. The minimum Gasteiger partial charge on any atom is -0.549 e. The molecule has 0 bridgehead atoms. The van der Waals surface area contributed by atoms with E-state index in [-0.39, 0.29) is 29.6 Å². The van der Waals surface area contributed by atoms with Gasteiger partial charge in [0.15, 0.2) is 0 Å². The van der Waals surface area contributed by atoms with Crippen LogP contribution in [0.2, 0.25) is 0 Å². The molecular formula is C28H23Br2N2NaO4S2. The molecule has 0 unspecified atom stereocenters. The molecule has 0 aliphatic heterocycles. The summed E-state index contributed by atoms with van der Waals surface area (Å²) < 4.78 is 0.548. The third-order valence-electron chi connectivity index (χ3n) is 7.02. The average Bonchev–Trinajstić information content (AvgIpc) is 2.84. The van der Waals surface area contributed by atoms with Crippen molar-refractivity contribution in [3.05, 3.63) is 69.9 Å². The minimum absolute atomic E-state index is 0. The van der Waals surface area contributed by atoms with Crippen molar-refractivity contribution in [1.29, 1.82) is 0 Å². The largest absolute Gasteiger partial charge is 1.00 e. The molecule has 0 atom stereocenters. The summed E-state index contributed by atoms with van der Waals surface area (Å²) in [6.45, 7) is 0. The van der Waals surface area contributed by atoms with Crippen LogP contribution in [0.3, 0.4) is 0 Å². The van der Waals surface area contributed by atoms with Crippen LogP contribution in [0.1, 0.15) is 38.5 Å². The van der Waals surface area contributed by atoms with Crippen LogP contribution in [-0.2, 0) is 9.59 Å². The first-order valence-corrected chi connectivity index (χ1v) is 15.3. The van der Waals surface area contributed by atoms with Crippen LogP contribution in [0.25, 0.3) is 21.8 Å². The van der Waals surface area contributed by atoms with Gasteiger partial charge < -0.3 is 15.0 Å². The van der Waals surface area contributed by atoms with Crippen molar-refractivity contribution < 1.29 is 49.4 Å². The van der Waals surface area contributed by atoms with Gasteiger partial charge in [-0.2, -0.15) is 0 Å². The molecule has 6 rings (SSSR count). The zero-order valence-electron chi connectivity index (χ0n) is 21.2. The second-order valence-corrected chi connectivity index (χ2v) is 14.1. The summed E-state index contributed by atoms with van der Waals surface area (Å²) in [6.07, 6.45) is 8.25. The molecule has 11 heteroatoms. The number of benzene rings is 2. The maximum atomic E-state index is 11.5. The number of halogens is 2. The molecule has 1 N–H and O–H groups in total. The van der Waals surface area contributed by atoms with Crippen molar-refractivity contribution in [2.45, 2.75) is 57.8 Å². The van der Waals surface area contributed by atoms with E-state index in [0.717, 1.165) is 66.2 Å². The number of aliphatic carboxylic acids is 2. The first kappa shape index (κ1) is 30.8. The SMILES string of the molecule is O=C(O)C1(Sc2ccnc3ccc(Br)cc23)CCC1.O=C([O-])C1(Sc2ccnc3ccc(Br)cc23)CCC1.[Na+]. The Morgan fingerprint density at radius 1 is 0.769 bits per heavy atom. The molecule has 2 heterocycles. The first-order valence-electron chi connectivity index (χ1n) is 12.1. The van der Waals surface area contributed by atoms with Gasteiger partial charge in [0.2, 0.25) is 0 Å². The number of aromatic nitrogens is 2. The Bertz CT molecular complexity index is 1430. The fraction of sp³-hybridized carbons (Fsp3) is 0.286. The third-order valence-corrected chi connectivity index (χ3v) is 11.1. The van der Waals surface area contributed by atoms with E-state index in [2.05, 4.69) is 41.8 Å². The molecule has 0 saturated heterocycles. The summed E-state index contributed by atoms with van der Waals surface area (Å²) in [5, 5.41) is 22.8. The van der Waals surface area contributed by atoms with Crippen molar-refractivity contribution in [2.24, 2.45) is 0 Å². The molecule has 0 amide bonds. The number of nitrogens with zero attached hydrogens (tertiary/aromatic N) is 2. The van der Waals surface area contributed by atoms with Gasteiger partial charge in [0.05, 0.1) is 21.7 Å². The molecule has 2 aromatic heterocycles. The molecule has 0 spiro atoms. The average molecular weight is 698 g/mol. The zero-order valence-corrected chi connectivity index (χ0v) is 28.0. The Morgan fingerprint density at radius 2 is 1.21 bits per heavy atom. The molecule has 6 nitrogen and oxygen atoms in total. The summed E-state index contributed by atoms with van der Waals surface area (Å²) >= 11 is 9.76. The van der Waals surface area contributed by atoms with E-state index in [9.17, 15) is 19.8 Å². The van der Waals surface area contributed by atoms with Gasteiger partial charge in [-0.15, -0.1) is 23.5 Å². The van der Waals surface area contributed by atoms with E-state index >= 15 is 0 Å². The van der Waals surface area contributed by atoms with Gasteiger partial charge in [-0.3, -0.25) is 14.8 Å². The Morgan fingerprint density at radius 3 is 1.56 bits per heavy atom. The number of carboxylic acids is 2. The van der Waals surface area contributed by atoms with E-state index < -0.39 is 21.4 Å². The number of thioether (sulfide) groups is 2. The number of hydrogen-bond acceptors (Lipinski definition) is 7. The number of hydrogen-bond donors (Lipinski definition) is 1. The quantitative estimate of drug-likeness (QED) is 0.303. The molecule has 2 aliphatic carbocycles. The van der Waals surface area contributed by atoms with E-state index in [1.165, 1.54) is 23.5 Å². The molecule has 4 aromatic rings. The molecule has 196 valence electrons. The van der Waals surface area contributed by atoms with Crippen LogP contribution >= 0.6 is 55.4 Å². The fourth-order valence-corrected chi connectivity index (χ4v) is 8.01. The second-order valence-electron chi connectivity index (χ2n) is 9.43. The Hall–Kier alpha value is -1.14. The molecular weight excluding hydrogens is 675 g/mol. The Kier molecular flexibility index (Phi) is 10.1. The number of carbonyl (C=O) groups excluding carboxylic acids is 1. The van der Waals surface area contributed by atoms with Gasteiger partial charge in [-0.1, -0.05) is 31.9 Å².